The van der Waals surface area contributed by atoms with Crippen molar-refractivity contribution < 1.29 is 14.3 Å². The van der Waals surface area contributed by atoms with E-state index in [1.54, 1.807) is 0 Å². The Morgan fingerprint density at radius 3 is 2.78 bits per heavy atom. The SMILES string of the molecule is NCCC1CCCC(C(=O)NCCOC(N)=O)C1. The van der Waals surface area contributed by atoms with Crippen molar-refractivity contribution in [3.63, 3.8) is 0 Å². The molecule has 1 rings (SSSR count). The van der Waals surface area contributed by atoms with Crippen LogP contribution in [0.2, 0.25) is 0 Å². The van der Waals surface area contributed by atoms with E-state index >= 15 is 0 Å². The fraction of sp³-hybridized carbons (Fsp3) is 0.833. The smallest absolute Gasteiger partial charge is 0.404 e. The van der Waals surface area contributed by atoms with E-state index in [-0.39, 0.29) is 18.4 Å². The molecule has 0 aromatic heterocycles. The van der Waals surface area contributed by atoms with Crippen LogP contribution in [0.15, 0.2) is 0 Å². The fourth-order valence-corrected chi connectivity index (χ4v) is 2.50. The minimum absolute atomic E-state index is 0.0461. The van der Waals surface area contributed by atoms with E-state index in [2.05, 4.69) is 10.1 Å². The summed E-state index contributed by atoms with van der Waals surface area (Å²) < 4.78 is 4.55. The van der Waals surface area contributed by atoms with Crippen molar-refractivity contribution in [1.82, 2.24) is 5.32 Å². The number of nitrogens with two attached hydrogens (primary N) is 2. The third-order valence-electron chi connectivity index (χ3n) is 3.37. The van der Waals surface area contributed by atoms with E-state index in [9.17, 15) is 9.59 Å². The van der Waals surface area contributed by atoms with Gasteiger partial charge in [-0.1, -0.05) is 12.8 Å². The Bertz CT molecular complexity index is 282. The summed E-state index contributed by atoms with van der Waals surface area (Å²) in [7, 11) is 0. The molecule has 0 saturated heterocycles. The van der Waals surface area contributed by atoms with Crippen LogP contribution in [-0.4, -0.2) is 31.7 Å². The van der Waals surface area contributed by atoms with E-state index in [0.717, 1.165) is 25.7 Å². The first-order chi connectivity index (χ1) is 8.63. The van der Waals surface area contributed by atoms with Gasteiger partial charge in [0.15, 0.2) is 0 Å². The Labute approximate surface area is 107 Å². The molecule has 104 valence electrons. The van der Waals surface area contributed by atoms with Crippen LogP contribution in [-0.2, 0) is 9.53 Å². The van der Waals surface area contributed by atoms with Gasteiger partial charge in [0.2, 0.25) is 5.91 Å². The van der Waals surface area contributed by atoms with Crippen LogP contribution >= 0.6 is 0 Å². The molecule has 0 aliphatic heterocycles. The van der Waals surface area contributed by atoms with Gasteiger partial charge in [0.25, 0.3) is 0 Å². The molecule has 2 unspecified atom stereocenters. The fourth-order valence-electron chi connectivity index (χ4n) is 2.50. The van der Waals surface area contributed by atoms with Crippen LogP contribution in [0.1, 0.15) is 32.1 Å². The van der Waals surface area contributed by atoms with Crippen LogP contribution in [0.5, 0.6) is 0 Å². The minimum atomic E-state index is -0.815. The molecular weight excluding hydrogens is 234 g/mol. The summed E-state index contributed by atoms with van der Waals surface area (Å²) in [5.74, 6) is 0.690. The molecule has 2 amide bonds. The molecule has 0 aromatic rings. The van der Waals surface area contributed by atoms with Crippen molar-refractivity contribution in [3.05, 3.63) is 0 Å². The normalized spacial score (nSPS) is 23.4. The van der Waals surface area contributed by atoms with Crippen LogP contribution in [0.4, 0.5) is 4.79 Å². The van der Waals surface area contributed by atoms with Crippen molar-refractivity contribution in [2.75, 3.05) is 19.7 Å². The van der Waals surface area contributed by atoms with Gasteiger partial charge in [-0.15, -0.1) is 0 Å². The number of primary amides is 1. The van der Waals surface area contributed by atoms with Gasteiger partial charge in [-0.2, -0.15) is 0 Å². The van der Waals surface area contributed by atoms with Gasteiger partial charge in [-0.05, 0) is 31.7 Å². The Balaban J connectivity index is 2.21. The van der Waals surface area contributed by atoms with Crippen LogP contribution in [0.25, 0.3) is 0 Å². The monoisotopic (exact) mass is 257 g/mol. The van der Waals surface area contributed by atoms with E-state index in [1.807, 2.05) is 0 Å². The lowest BCUT2D eigenvalue weighted by Gasteiger charge is -2.28. The second kappa shape index (κ2) is 7.92. The van der Waals surface area contributed by atoms with E-state index < -0.39 is 6.09 Å². The number of rotatable bonds is 6. The summed E-state index contributed by atoms with van der Waals surface area (Å²) in [6.45, 7) is 1.13. The molecule has 0 bridgehead atoms. The molecule has 1 aliphatic carbocycles. The van der Waals surface area contributed by atoms with Gasteiger partial charge < -0.3 is 21.5 Å². The van der Waals surface area contributed by atoms with Crippen molar-refractivity contribution in [2.24, 2.45) is 23.3 Å². The molecule has 0 radical (unpaired) electrons. The number of ether oxygens (including phenoxy) is 1. The van der Waals surface area contributed by atoms with E-state index in [4.69, 9.17) is 11.5 Å². The maximum atomic E-state index is 11.9. The molecule has 6 nitrogen and oxygen atoms in total. The summed E-state index contributed by atoms with van der Waals surface area (Å²) in [6, 6.07) is 0. The number of carbonyl (C=O) groups is 2. The minimum Gasteiger partial charge on any atom is -0.448 e. The highest BCUT2D eigenvalue weighted by molar-refractivity contribution is 5.78. The first-order valence-electron chi connectivity index (χ1n) is 6.53. The molecule has 1 aliphatic rings. The largest absolute Gasteiger partial charge is 0.448 e. The highest BCUT2D eigenvalue weighted by Crippen LogP contribution is 2.30. The molecule has 1 fully saturated rings. The second-order valence-electron chi connectivity index (χ2n) is 4.77. The number of hydrogen-bond acceptors (Lipinski definition) is 4. The first kappa shape index (κ1) is 14.8. The first-order valence-corrected chi connectivity index (χ1v) is 6.53. The molecule has 0 aromatic carbocycles. The van der Waals surface area contributed by atoms with E-state index in [0.29, 0.717) is 19.0 Å². The molecule has 18 heavy (non-hydrogen) atoms. The average Bonchev–Trinajstić information content (AvgIpc) is 2.35. The van der Waals surface area contributed by atoms with Gasteiger partial charge in [-0.25, -0.2) is 4.79 Å². The third kappa shape index (κ3) is 5.35. The summed E-state index contributed by atoms with van der Waals surface area (Å²) in [5.41, 5.74) is 10.4. The molecule has 1 saturated carbocycles. The van der Waals surface area contributed by atoms with Gasteiger partial charge >= 0.3 is 6.09 Å². The Morgan fingerprint density at radius 1 is 1.33 bits per heavy atom. The number of carbonyl (C=O) groups excluding carboxylic acids is 2. The maximum absolute atomic E-state index is 11.9. The van der Waals surface area contributed by atoms with Crippen LogP contribution < -0.4 is 16.8 Å². The Kier molecular flexibility index (Phi) is 6.49. The molecule has 5 N–H and O–H groups in total. The van der Waals surface area contributed by atoms with Gasteiger partial charge in [0, 0.05) is 5.92 Å². The average molecular weight is 257 g/mol. The van der Waals surface area contributed by atoms with Crippen molar-refractivity contribution in [2.45, 2.75) is 32.1 Å². The highest BCUT2D eigenvalue weighted by atomic mass is 16.5. The highest BCUT2D eigenvalue weighted by Gasteiger charge is 2.26. The Morgan fingerprint density at radius 2 is 2.11 bits per heavy atom. The van der Waals surface area contributed by atoms with Gasteiger partial charge in [0.1, 0.15) is 6.61 Å². The zero-order valence-corrected chi connectivity index (χ0v) is 10.7. The van der Waals surface area contributed by atoms with Crippen molar-refractivity contribution in [3.8, 4) is 0 Å². The lowest BCUT2D eigenvalue weighted by Crippen LogP contribution is -2.36. The molecule has 0 heterocycles. The van der Waals surface area contributed by atoms with Crippen molar-refractivity contribution in [1.29, 1.82) is 0 Å². The molecule has 0 spiro atoms. The zero-order valence-electron chi connectivity index (χ0n) is 10.7. The maximum Gasteiger partial charge on any atom is 0.404 e. The van der Waals surface area contributed by atoms with Crippen molar-refractivity contribution >= 4 is 12.0 Å². The summed E-state index contributed by atoms with van der Waals surface area (Å²) >= 11 is 0. The third-order valence-corrected chi connectivity index (χ3v) is 3.37. The summed E-state index contributed by atoms with van der Waals surface area (Å²) in [6.07, 6.45) is 4.29. The van der Waals surface area contributed by atoms with E-state index in [1.165, 1.54) is 6.42 Å². The van der Waals surface area contributed by atoms with Gasteiger partial charge in [-0.3, -0.25) is 4.79 Å². The summed E-state index contributed by atoms with van der Waals surface area (Å²) in [5, 5.41) is 2.77. The quantitative estimate of drug-likeness (QED) is 0.597. The summed E-state index contributed by atoms with van der Waals surface area (Å²) in [4.78, 5) is 22.2. The number of hydrogen-bond donors (Lipinski definition) is 3. The van der Waals surface area contributed by atoms with Crippen LogP contribution in [0, 0.1) is 11.8 Å². The second-order valence-corrected chi connectivity index (χ2v) is 4.77. The Hall–Kier alpha value is -1.30. The standard InChI is InChI=1S/C12H23N3O3/c13-5-4-9-2-1-3-10(8-9)11(16)15-6-7-18-12(14)17/h9-10H,1-8,13H2,(H2,14,17)(H,15,16). The lowest BCUT2D eigenvalue weighted by atomic mass is 9.79. The lowest BCUT2D eigenvalue weighted by molar-refractivity contribution is -0.126. The molecule has 2 atom stereocenters. The molecular formula is C12H23N3O3. The zero-order chi connectivity index (χ0) is 13.4. The number of amides is 2. The number of nitrogens with one attached hydrogen (secondary N) is 1. The topological polar surface area (TPSA) is 107 Å². The van der Waals surface area contributed by atoms with Gasteiger partial charge in [0.05, 0.1) is 6.54 Å². The molecule has 6 heteroatoms. The van der Waals surface area contributed by atoms with Crippen LogP contribution in [0.3, 0.4) is 0 Å². The predicted molar refractivity (Wildman–Crippen MR) is 67.7 cm³/mol. The predicted octanol–water partition coefficient (Wildman–Crippen LogP) is 0.353.